The number of carbonyl (C=O) groups excluding carboxylic acids is 1. The lowest BCUT2D eigenvalue weighted by atomic mass is 10.1. The Morgan fingerprint density at radius 1 is 1.19 bits per heavy atom. The minimum absolute atomic E-state index is 0.0458. The number of anilines is 2. The molecule has 10 nitrogen and oxygen atoms in total. The highest BCUT2D eigenvalue weighted by atomic mass is 32.2. The van der Waals surface area contributed by atoms with Gasteiger partial charge in [-0.05, 0) is 44.9 Å². The third-order valence-corrected chi connectivity index (χ3v) is 5.89. The highest BCUT2D eigenvalue weighted by Crippen LogP contribution is 2.29. The third-order valence-electron chi connectivity index (χ3n) is 4.55. The van der Waals surface area contributed by atoms with Crippen LogP contribution in [0.2, 0.25) is 0 Å². The van der Waals surface area contributed by atoms with Crippen LogP contribution in [0.15, 0.2) is 41.6 Å². The van der Waals surface area contributed by atoms with Crippen molar-refractivity contribution in [1.29, 1.82) is 0 Å². The molecule has 0 aliphatic carbocycles. The van der Waals surface area contributed by atoms with E-state index in [1.165, 1.54) is 25.6 Å². The summed E-state index contributed by atoms with van der Waals surface area (Å²) in [6.45, 7) is 7.43. The van der Waals surface area contributed by atoms with Gasteiger partial charge in [-0.1, -0.05) is 23.4 Å². The molecule has 0 spiro atoms. The number of carbonyl (C=O) groups is 1. The van der Waals surface area contributed by atoms with Crippen LogP contribution in [0.1, 0.15) is 41.5 Å². The van der Waals surface area contributed by atoms with Gasteiger partial charge in [-0.3, -0.25) is 9.52 Å². The molecule has 0 unspecified atom stereocenters. The molecule has 0 bridgehead atoms. The maximum absolute atomic E-state index is 13.1. The average Bonchev–Trinajstić information content (AvgIpc) is 3.22. The number of aryl methyl sites for hydroxylation is 2. The number of nitrogens with zero attached hydrogens (tertiary/aromatic N) is 4. The van der Waals surface area contributed by atoms with Crippen molar-refractivity contribution < 1.29 is 17.9 Å². The zero-order chi connectivity index (χ0) is 22.8. The zero-order valence-corrected chi connectivity index (χ0v) is 18.7. The summed E-state index contributed by atoms with van der Waals surface area (Å²) in [5.41, 5.74) is 2.29. The number of amides is 1. The number of para-hydroxylation sites is 1. The van der Waals surface area contributed by atoms with Gasteiger partial charge in [-0.15, -0.1) is 5.10 Å². The quantitative estimate of drug-likeness (QED) is 0.573. The number of sulfonamides is 1. The van der Waals surface area contributed by atoms with Crippen LogP contribution >= 0.6 is 0 Å². The first kappa shape index (κ1) is 22.2. The SMILES string of the molecule is COc1ncc(NC(=O)c2cn(C(C)C)nn2)cc1S(=O)(=O)Nc1c(C)cccc1C. The van der Waals surface area contributed by atoms with Gasteiger partial charge in [0, 0.05) is 6.04 Å². The first-order chi connectivity index (χ1) is 14.6. The largest absolute Gasteiger partial charge is 0.480 e. The molecule has 0 aliphatic rings. The number of aromatic nitrogens is 4. The molecule has 2 aromatic heterocycles. The van der Waals surface area contributed by atoms with E-state index in [2.05, 4.69) is 25.3 Å². The molecule has 2 heterocycles. The maximum Gasteiger partial charge on any atom is 0.277 e. The van der Waals surface area contributed by atoms with Gasteiger partial charge in [0.15, 0.2) is 10.6 Å². The lowest BCUT2D eigenvalue weighted by Crippen LogP contribution is -2.18. The molecule has 0 saturated carbocycles. The predicted molar refractivity (Wildman–Crippen MR) is 116 cm³/mol. The Labute approximate surface area is 180 Å². The highest BCUT2D eigenvalue weighted by Gasteiger charge is 2.24. The van der Waals surface area contributed by atoms with Crippen molar-refractivity contribution in [3.63, 3.8) is 0 Å². The first-order valence-corrected chi connectivity index (χ1v) is 11.0. The molecular weight excluding hydrogens is 420 g/mol. The highest BCUT2D eigenvalue weighted by molar-refractivity contribution is 7.92. The fraction of sp³-hybridized carbons (Fsp3) is 0.300. The normalized spacial score (nSPS) is 11.4. The number of nitrogens with one attached hydrogen (secondary N) is 2. The molecule has 0 radical (unpaired) electrons. The van der Waals surface area contributed by atoms with Crippen molar-refractivity contribution in [2.24, 2.45) is 0 Å². The van der Waals surface area contributed by atoms with Crippen LogP contribution in [-0.2, 0) is 10.0 Å². The van der Waals surface area contributed by atoms with E-state index in [1.807, 2.05) is 19.9 Å². The molecule has 164 valence electrons. The minimum atomic E-state index is -4.05. The smallest absolute Gasteiger partial charge is 0.277 e. The van der Waals surface area contributed by atoms with E-state index in [9.17, 15) is 13.2 Å². The fourth-order valence-corrected chi connectivity index (χ4v) is 4.19. The van der Waals surface area contributed by atoms with Crippen molar-refractivity contribution in [3.8, 4) is 5.88 Å². The first-order valence-electron chi connectivity index (χ1n) is 9.48. The lowest BCUT2D eigenvalue weighted by Gasteiger charge is -2.15. The van der Waals surface area contributed by atoms with E-state index in [-0.39, 0.29) is 28.2 Å². The molecule has 0 saturated heterocycles. The number of benzene rings is 1. The van der Waals surface area contributed by atoms with Crippen molar-refractivity contribution in [1.82, 2.24) is 20.0 Å². The van der Waals surface area contributed by atoms with Crippen LogP contribution in [0.5, 0.6) is 5.88 Å². The number of hydrogen-bond acceptors (Lipinski definition) is 7. The molecule has 0 atom stereocenters. The monoisotopic (exact) mass is 444 g/mol. The molecule has 31 heavy (non-hydrogen) atoms. The van der Waals surface area contributed by atoms with E-state index < -0.39 is 15.9 Å². The van der Waals surface area contributed by atoms with Gasteiger partial charge >= 0.3 is 0 Å². The number of hydrogen-bond donors (Lipinski definition) is 2. The molecule has 1 aromatic carbocycles. The summed E-state index contributed by atoms with van der Waals surface area (Å²) in [7, 11) is -2.73. The standard InChI is InChI=1S/C20H24N6O4S/c1-12(2)26-11-16(23-25-26)19(27)22-15-9-17(20(30-5)21-10-15)31(28,29)24-18-13(3)7-6-8-14(18)4/h6-12,24H,1-5H3,(H,22,27). The van der Waals surface area contributed by atoms with E-state index in [0.717, 1.165) is 11.1 Å². The molecule has 11 heteroatoms. The van der Waals surface area contributed by atoms with Crippen LogP contribution in [0.25, 0.3) is 0 Å². The summed E-state index contributed by atoms with van der Waals surface area (Å²) in [6, 6.07) is 6.79. The summed E-state index contributed by atoms with van der Waals surface area (Å²) in [6.07, 6.45) is 2.82. The topological polar surface area (TPSA) is 128 Å². The van der Waals surface area contributed by atoms with Crippen molar-refractivity contribution in [3.05, 3.63) is 53.5 Å². The van der Waals surface area contributed by atoms with Gasteiger partial charge in [-0.2, -0.15) is 0 Å². The van der Waals surface area contributed by atoms with Gasteiger partial charge in [0.2, 0.25) is 5.88 Å². The second kappa shape index (κ2) is 8.72. The number of methoxy groups -OCH3 is 1. The number of rotatable bonds is 7. The van der Waals surface area contributed by atoms with Crippen LogP contribution in [0.3, 0.4) is 0 Å². The van der Waals surface area contributed by atoms with Crippen LogP contribution in [0, 0.1) is 13.8 Å². The molecule has 0 aliphatic heterocycles. The van der Waals surface area contributed by atoms with Gasteiger partial charge in [0.1, 0.15) is 0 Å². The van der Waals surface area contributed by atoms with Crippen molar-refractivity contribution >= 4 is 27.3 Å². The number of ether oxygens (including phenoxy) is 1. The Hall–Kier alpha value is -3.47. The van der Waals surface area contributed by atoms with Crippen molar-refractivity contribution in [2.45, 2.75) is 38.6 Å². The van der Waals surface area contributed by atoms with E-state index in [1.54, 1.807) is 30.7 Å². The molecule has 3 rings (SSSR count). The Kier molecular flexibility index (Phi) is 6.25. The Balaban J connectivity index is 1.91. The Morgan fingerprint density at radius 3 is 2.45 bits per heavy atom. The Morgan fingerprint density at radius 2 is 1.87 bits per heavy atom. The van der Waals surface area contributed by atoms with Crippen LogP contribution in [0.4, 0.5) is 11.4 Å². The summed E-state index contributed by atoms with van der Waals surface area (Å²) in [5.74, 6) is -0.632. The maximum atomic E-state index is 13.1. The van der Waals surface area contributed by atoms with E-state index >= 15 is 0 Å². The Bertz CT molecular complexity index is 1200. The van der Waals surface area contributed by atoms with Gasteiger partial charge in [-0.25, -0.2) is 18.1 Å². The second-order valence-corrected chi connectivity index (χ2v) is 8.89. The fourth-order valence-electron chi connectivity index (χ4n) is 2.84. The predicted octanol–water partition coefficient (Wildman–Crippen LogP) is 2.93. The molecule has 3 aromatic rings. The van der Waals surface area contributed by atoms with Crippen LogP contribution < -0.4 is 14.8 Å². The number of pyridine rings is 1. The third kappa shape index (κ3) is 4.82. The molecule has 2 N–H and O–H groups in total. The van der Waals surface area contributed by atoms with Crippen molar-refractivity contribution in [2.75, 3.05) is 17.1 Å². The zero-order valence-electron chi connectivity index (χ0n) is 17.9. The van der Waals surface area contributed by atoms with E-state index in [0.29, 0.717) is 5.69 Å². The average molecular weight is 445 g/mol. The summed E-state index contributed by atoms with van der Waals surface area (Å²) in [5, 5.41) is 10.3. The van der Waals surface area contributed by atoms with Crippen LogP contribution in [-0.4, -0.2) is 41.4 Å². The van der Waals surface area contributed by atoms with Gasteiger partial charge in [0.05, 0.1) is 30.9 Å². The van der Waals surface area contributed by atoms with E-state index in [4.69, 9.17) is 4.74 Å². The molecule has 1 amide bonds. The summed E-state index contributed by atoms with van der Waals surface area (Å²) >= 11 is 0. The molecular formula is C20H24N6O4S. The summed E-state index contributed by atoms with van der Waals surface area (Å²) in [4.78, 5) is 16.3. The summed E-state index contributed by atoms with van der Waals surface area (Å²) < 4.78 is 35.5. The second-order valence-electron chi connectivity index (χ2n) is 7.24. The molecule has 0 fully saturated rings. The minimum Gasteiger partial charge on any atom is -0.480 e. The lowest BCUT2D eigenvalue weighted by molar-refractivity contribution is 0.102. The van der Waals surface area contributed by atoms with Gasteiger partial charge in [0.25, 0.3) is 15.9 Å². The van der Waals surface area contributed by atoms with Gasteiger partial charge < -0.3 is 10.1 Å².